The second-order valence-corrected chi connectivity index (χ2v) is 7.88. The van der Waals surface area contributed by atoms with E-state index >= 15 is 0 Å². The second-order valence-electron chi connectivity index (χ2n) is 6.03. The smallest absolute Gasteiger partial charge is 0.263 e. The molecule has 0 aliphatic heterocycles. The summed E-state index contributed by atoms with van der Waals surface area (Å²) in [6.45, 7) is 2.31. The van der Waals surface area contributed by atoms with Crippen molar-refractivity contribution in [3.05, 3.63) is 50.7 Å². The summed E-state index contributed by atoms with van der Waals surface area (Å²) in [5, 5.41) is 11.6. The Bertz CT molecular complexity index is 1190. The topological polar surface area (TPSA) is 68.3 Å². The number of aromatic hydroxyl groups is 1. The highest BCUT2D eigenvalue weighted by atomic mass is 79.9. The first-order chi connectivity index (χ1) is 12.5. The fourth-order valence-corrected chi connectivity index (χ4v) is 4.63. The van der Waals surface area contributed by atoms with Crippen molar-refractivity contribution in [2.45, 2.75) is 26.3 Å². The fourth-order valence-electron chi connectivity index (χ4n) is 3.04. The highest BCUT2D eigenvalue weighted by Crippen LogP contribution is 2.40. The molecule has 3 aromatic heterocycles. The molecule has 0 fully saturated rings. The second kappa shape index (κ2) is 6.59. The van der Waals surface area contributed by atoms with Crippen LogP contribution in [0, 0.1) is 0 Å². The Morgan fingerprint density at radius 1 is 1.35 bits per heavy atom. The standard InChI is InChI=1S/C18H14BBrN2O3S/c1-2-3-13-21-17-14(10-5-6-11(20)15(23)16(10)26-17)18(24)22(13)8-9-4-7-12(19)25-9/h4-7,23H,2-3,8H2,1H3. The molecule has 0 aliphatic carbocycles. The van der Waals surface area contributed by atoms with E-state index in [2.05, 4.69) is 15.9 Å². The number of benzene rings is 1. The number of halogens is 1. The van der Waals surface area contributed by atoms with Gasteiger partial charge in [-0.25, -0.2) is 4.98 Å². The lowest BCUT2D eigenvalue weighted by molar-refractivity contribution is 0.479. The van der Waals surface area contributed by atoms with Crippen LogP contribution in [0.4, 0.5) is 0 Å². The number of aryl methyl sites for hydroxylation is 1. The van der Waals surface area contributed by atoms with Crippen LogP contribution in [0.1, 0.15) is 24.9 Å². The number of nitrogens with zero attached hydrogens (tertiary/aromatic N) is 2. The van der Waals surface area contributed by atoms with Crippen LogP contribution >= 0.6 is 27.3 Å². The van der Waals surface area contributed by atoms with Gasteiger partial charge in [0, 0.05) is 17.5 Å². The highest BCUT2D eigenvalue weighted by Gasteiger charge is 2.19. The molecule has 1 N–H and O–H groups in total. The van der Waals surface area contributed by atoms with E-state index in [1.807, 2.05) is 13.0 Å². The molecule has 130 valence electrons. The van der Waals surface area contributed by atoms with Gasteiger partial charge in [-0.15, -0.1) is 11.3 Å². The lowest BCUT2D eigenvalue weighted by atomic mass is 10.1. The Labute approximate surface area is 162 Å². The van der Waals surface area contributed by atoms with E-state index in [-0.39, 0.29) is 17.9 Å². The predicted octanol–water partition coefficient (Wildman–Crippen LogP) is 3.47. The lowest BCUT2D eigenvalue weighted by Gasteiger charge is -2.10. The van der Waals surface area contributed by atoms with Crippen molar-refractivity contribution in [2.75, 3.05) is 0 Å². The van der Waals surface area contributed by atoms with Crippen molar-refractivity contribution in [3.8, 4) is 5.75 Å². The minimum atomic E-state index is -0.138. The largest absolute Gasteiger partial charge is 0.505 e. The van der Waals surface area contributed by atoms with Crippen LogP contribution in [0.25, 0.3) is 20.3 Å². The molecule has 0 saturated carbocycles. The summed E-state index contributed by atoms with van der Waals surface area (Å²) in [6.07, 6.45) is 1.53. The molecule has 0 bridgehead atoms. The van der Waals surface area contributed by atoms with Crippen LogP contribution in [-0.2, 0) is 13.0 Å². The van der Waals surface area contributed by atoms with E-state index in [4.69, 9.17) is 17.2 Å². The van der Waals surface area contributed by atoms with Crippen molar-refractivity contribution in [3.63, 3.8) is 0 Å². The van der Waals surface area contributed by atoms with Crippen molar-refractivity contribution < 1.29 is 9.52 Å². The highest BCUT2D eigenvalue weighted by molar-refractivity contribution is 9.10. The Morgan fingerprint density at radius 2 is 2.15 bits per heavy atom. The van der Waals surface area contributed by atoms with Crippen LogP contribution in [-0.4, -0.2) is 22.5 Å². The molecule has 5 nitrogen and oxygen atoms in total. The average molecular weight is 429 g/mol. The normalized spacial score (nSPS) is 11.6. The van der Waals surface area contributed by atoms with Gasteiger partial charge in [-0.05, 0) is 40.5 Å². The maximum atomic E-state index is 13.3. The molecule has 4 rings (SSSR count). The van der Waals surface area contributed by atoms with Crippen LogP contribution in [0.5, 0.6) is 5.75 Å². The van der Waals surface area contributed by atoms with E-state index in [9.17, 15) is 9.90 Å². The van der Waals surface area contributed by atoms with Gasteiger partial charge in [0.25, 0.3) is 5.56 Å². The Morgan fingerprint density at radius 3 is 2.85 bits per heavy atom. The molecule has 0 aliphatic rings. The third-order valence-electron chi connectivity index (χ3n) is 4.24. The first kappa shape index (κ1) is 17.4. The first-order valence-electron chi connectivity index (χ1n) is 8.17. The van der Waals surface area contributed by atoms with Crippen molar-refractivity contribution in [2.24, 2.45) is 0 Å². The number of fused-ring (bicyclic) bond motifs is 3. The number of aromatic nitrogens is 2. The molecular formula is C18H14BBrN2O3S. The zero-order valence-electron chi connectivity index (χ0n) is 14.0. The summed E-state index contributed by atoms with van der Waals surface area (Å²) in [7, 11) is 5.65. The van der Waals surface area contributed by atoms with Gasteiger partial charge in [0.05, 0.1) is 21.1 Å². The van der Waals surface area contributed by atoms with Gasteiger partial charge in [0.1, 0.15) is 22.2 Å². The fraction of sp³-hybridized carbons (Fsp3) is 0.222. The summed E-state index contributed by atoms with van der Waals surface area (Å²) >= 11 is 4.65. The lowest BCUT2D eigenvalue weighted by Crippen LogP contribution is -2.25. The van der Waals surface area contributed by atoms with Gasteiger partial charge in [-0.1, -0.05) is 13.0 Å². The van der Waals surface area contributed by atoms with Crippen LogP contribution in [0.3, 0.4) is 0 Å². The molecule has 0 unspecified atom stereocenters. The van der Waals surface area contributed by atoms with E-state index in [1.165, 1.54) is 11.3 Å². The SMILES string of the molecule is [B]c1ccc(Cn2c(CCC)nc3sc4c(O)c(Br)ccc4c3c2=O)o1. The van der Waals surface area contributed by atoms with Gasteiger partial charge >= 0.3 is 0 Å². The number of furan rings is 1. The maximum absolute atomic E-state index is 13.3. The summed E-state index contributed by atoms with van der Waals surface area (Å²) in [6, 6.07) is 6.99. The molecule has 0 atom stereocenters. The molecule has 0 spiro atoms. The van der Waals surface area contributed by atoms with Crippen molar-refractivity contribution in [1.29, 1.82) is 0 Å². The van der Waals surface area contributed by atoms with Crippen LogP contribution in [0.2, 0.25) is 0 Å². The first-order valence-corrected chi connectivity index (χ1v) is 9.78. The Kier molecular flexibility index (Phi) is 4.40. The predicted molar refractivity (Wildman–Crippen MR) is 108 cm³/mol. The Hall–Kier alpha value is -2.06. The number of phenols is 1. The van der Waals surface area contributed by atoms with Crippen LogP contribution in [0.15, 0.2) is 37.9 Å². The van der Waals surface area contributed by atoms with E-state index in [0.29, 0.717) is 48.4 Å². The molecule has 0 amide bonds. The number of rotatable bonds is 4. The van der Waals surface area contributed by atoms with Gasteiger partial charge in [0.15, 0.2) is 7.85 Å². The summed E-state index contributed by atoms with van der Waals surface area (Å²) in [4.78, 5) is 18.6. The number of hydrogen-bond acceptors (Lipinski definition) is 5. The third kappa shape index (κ3) is 2.77. The molecule has 2 radical (unpaired) electrons. The van der Waals surface area contributed by atoms with Gasteiger partial charge in [-0.3, -0.25) is 9.36 Å². The molecule has 1 aromatic carbocycles. The zero-order valence-corrected chi connectivity index (χ0v) is 16.4. The van der Waals surface area contributed by atoms with Crippen LogP contribution < -0.4 is 11.2 Å². The molecule has 3 heterocycles. The van der Waals surface area contributed by atoms with E-state index < -0.39 is 0 Å². The summed E-state index contributed by atoms with van der Waals surface area (Å²) in [5.41, 5.74) is 0.177. The van der Waals surface area contributed by atoms with E-state index in [0.717, 1.165) is 6.42 Å². The molecular weight excluding hydrogens is 415 g/mol. The number of thiophene rings is 1. The minimum absolute atomic E-state index is 0.132. The summed E-state index contributed by atoms with van der Waals surface area (Å²) < 4.78 is 8.32. The monoisotopic (exact) mass is 428 g/mol. The summed E-state index contributed by atoms with van der Waals surface area (Å²) in [5.74, 6) is 1.44. The van der Waals surface area contributed by atoms with E-state index in [1.54, 1.807) is 22.8 Å². The third-order valence-corrected chi connectivity index (χ3v) is 5.98. The molecule has 8 heteroatoms. The molecule has 0 saturated heterocycles. The van der Waals surface area contributed by atoms with Gasteiger partial charge < -0.3 is 9.52 Å². The quantitative estimate of drug-likeness (QED) is 0.505. The molecule has 4 aromatic rings. The van der Waals surface area contributed by atoms with Crippen molar-refractivity contribution >= 4 is 61.1 Å². The van der Waals surface area contributed by atoms with Crippen molar-refractivity contribution in [1.82, 2.24) is 9.55 Å². The zero-order chi connectivity index (χ0) is 18.4. The Balaban J connectivity index is 2.01. The maximum Gasteiger partial charge on any atom is 0.263 e. The average Bonchev–Trinajstić information content (AvgIpc) is 3.18. The number of phenolic OH excluding ortho intramolecular Hbond substituents is 1. The minimum Gasteiger partial charge on any atom is -0.505 e. The van der Waals surface area contributed by atoms with Gasteiger partial charge in [0.2, 0.25) is 0 Å². The molecule has 26 heavy (non-hydrogen) atoms. The van der Waals surface area contributed by atoms with Gasteiger partial charge in [-0.2, -0.15) is 0 Å². The number of hydrogen-bond donors (Lipinski definition) is 1.